The van der Waals surface area contributed by atoms with E-state index in [0.717, 1.165) is 4.91 Å². The molecule has 0 saturated carbocycles. The summed E-state index contributed by atoms with van der Waals surface area (Å²) in [6.45, 7) is 9.99. The Morgan fingerprint density at radius 1 is 1.26 bits per heavy atom. The maximum atomic E-state index is 13.6. The second kappa shape index (κ2) is 14.1. The van der Waals surface area contributed by atoms with E-state index in [1.165, 1.54) is 33.1 Å². The summed E-state index contributed by atoms with van der Waals surface area (Å²) in [5, 5.41) is 11.3. The van der Waals surface area contributed by atoms with E-state index < -0.39 is 17.4 Å². The molecule has 13 heteroatoms. The summed E-state index contributed by atoms with van der Waals surface area (Å²) in [6, 6.07) is 1.68. The van der Waals surface area contributed by atoms with E-state index in [2.05, 4.69) is 22.1 Å². The molecule has 0 spiro atoms. The quantitative estimate of drug-likeness (QED) is 0.0912. The number of fused-ring (bicyclic) bond motifs is 1. The van der Waals surface area contributed by atoms with E-state index in [0.29, 0.717) is 46.5 Å². The number of aromatic nitrogens is 2. The van der Waals surface area contributed by atoms with Crippen LogP contribution in [0.1, 0.15) is 55.7 Å². The van der Waals surface area contributed by atoms with Gasteiger partial charge in [-0.2, -0.15) is 5.10 Å². The minimum Gasteiger partial charge on any atom is -0.497 e. The van der Waals surface area contributed by atoms with Crippen LogP contribution in [0.15, 0.2) is 69.1 Å². The number of nitrogens with one attached hydrogen (secondary N) is 1. The zero-order valence-electron chi connectivity index (χ0n) is 24.9. The standard InChI is InChI=1S/C29H38N6O6S/c1-8-11-19(9-2)35(28(32-30)31-27(38)20-14-18(4)33-34(20)10-3)29-16-23(40-6)22(39-5)15-25(29)42-24(17-29)21(36)12-13-26(37)41-7/h8,11,14-15,17H,1,9-10,12-13,16,30H2,2-7H3,(H,31,32,38)/b19-11+. The molecule has 0 aromatic carbocycles. The van der Waals surface area contributed by atoms with Crippen molar-refractivity contribution in [1.82, 2.24) is 20.0 Å². The number of carbonyl (C=O) groups is 3. The predicted octanol–water partition coefficient (Wildman–Crippen LogP) is 3.64. The lowest BCUT2D eigenvalue weighted by Crippen LogP contribution is -2.56. The van der Waals surface area contributed by atoms with Gasteiger partial charge in [0.15, 0.2) is 11.5 Å². The van der Waals surface area contributed by atoms with Crippen molar-refractivity contribution < 1.29 is 28.6 Å². The number of esters is 1. The van der Waals surface area contributed by atoms with Crippen LogP contribution in [0, 0.1) is 6.92 Å². The van der Waals surface area contributed by atoms with E-state index in [1.54, 1.807) is 46.9 Å². The van der Waals surface area contributed by atoms with E-state index >= 15 is 0 Å². The minimum atomic E-state index is -1.09. The number of ketones is 1. The van der Waals surface area contributed by atoms with Crippen molar-refractivity contribution in [3.05, 3.63) is 75.4 Å². The summed E-state index contributed by atoms with van der Waals surface area (Å²) in [5.74, 6) is 5.87. The predicted molar refractivity (Wildman–Crippen MR) is 161 cm³/mol. The van der Waals surface area contributed by atoms with Crippen molar-refractivity contribution in [2.24, 2.45) is 10.9 Å². The Kier molecular flexibility index (Phi) is 10.8. The molecule has 42 heavy (non-hydrogen) atoms. The van der Waals surface area contributed by atoms with Crippen LogP contribution in [0.3, 0.4) is 0 Å². The van der Waals surface area contributed by atoms with Crippen LogP contribution >= 0.6 is 11.8 Å². The smallest absolute Gasteiger partial charge is 0.305 e. The van der Waals surface area contributed by atoms with Crippen molar-refractivity contribution in [2.45, 2.75) is 58.5 Å². The lowest BCUT2D eigenvalue weighted by atomic mass is 9.85. The molecule has 226 valence electrons. The number of ether oxygens (including phenoxy) is 3. The van der Waals surface area contributed by atoms with Gasteiger partial charge in [-0.25, -0.2) is 0 Å². The normalized spacial score (nSPS) is 18.5. The minimum absolute atomic E-state index is 0.0331. The molecule has 0 bridgehead atoms. The fourth-order valence-corrected chi connectivity index (χ4v) is 6.15. The Morgan fingerprint density at radius 3 is 2.57 bits per heavy atom. The Morgan fingerprint density at radius 2 is 2.00 bits per heavy atom. The molecule has 1 amide bonds. The first-order valence-corrected chi connectivity index (χ1v) is 14.2. The highest BCUT2D eigenvalue weighted by Crippen LogP contribution is 2.54. The number of methoxy groups -OCH3 is 3. The molecule has 0 fully saturated rings. The first-order chi connectivity index (χ1) is 20.1. The number of guanidine groups is 1. The van der Waals surface area contributed by atoms with Crippen molar-refractivity contribution in [3.63, 3.8) is 0 Å². The van der Waals surface area contributed by atoms with Gasteiger partial charge in [-0.3, -0.25) is 29.3 Å². The number of hydrogen-bond donors (Lipinski definition) is 2. The van der Waals surface area contributed by atoms with Gasteiger partial charge in [-0.05, 0) is 44.6 Å². The molecule has 3 N–H and O–H groups in total. The Labute approximate surface area is 250 Å². The zero-order chi connectivity index (χ0) is 31.0. The Hall–Kier alpha value is -4.26. The van der Waals surface area contributed by atoms with Gasteiger partial charge in [0.1, 0.15) is 17.0 Å². The first kappa shape index (κ1) is 32.3. The number of amides is 1. The van der Waals surface area contributed by atoms with Crippen molar-refractivity contribution in [2.75, 3.05) is 21.3 Å². The van der Waals surface area contributed by atoms with Gasteiger partial charge in [0.05, 0.1) is 38.3 Å². The molecule has 2 aliphatic rings. The van der Waals surface area contributed by atoms with Crippen LogP contribution < -0.4 is 11.2 Å². The number of aryl methyl sites for hydroxylation is 2. The molecule has 3 rings (SSSR count). The fourth-order valence-electron chi connectivity index (χ4n) is 4.87. The lowest BCUT2D eigenvalue weighted by Gasteiger charge is -2.45. The fraction of sp³-hybridized carbons (Fsp3) is 0.414. The number of carbonyl (C=O) groups excluding carboxylic acids is 3. The molecule has 1 unspecified atom stereocenters. The summed E-state index contributed by atoms with van der Waals surface area (Å²) >= 11 is 1.25. The molecular formula is C29H38N6O6S. The van der Waals surface area contributed by atoms with Gasteiger partial charge in [0.25, 0.3) is 5.91 Å². The van der Waals surface area contributed by atoms with E-state index in [9.17, 15) is 14.4 Å². The number of nitrogens with zero attached hydrogens (tertiary/aromatic N) is 4. The molecule has 0 radical (unpaired) electrons. The largest absolute Gasteiger partial charge is 0.497 e. The number of Topliss-reactive ketones (excluding diaryl/α,β-unsaturated/α-hetero) is 1. The Bertz CT molecular complexity index is 1400. The van der Waals surface area contributed by atoms with Crippen LogP contribution in [0.4, 0.5) is 0 Å². The topological polar surface area (TPSA) is 150 Å². The van der Waals surface area contributed by atoms with Crippen molar-refractivity contribution >= 4 is 35.4 Å². The Balaban J connectivity index is 2.19. The molecule has 0 saturated heterocycles. The maximum absolute atomic E-state index is 13.6. The maximum Gasteiger partial charge on any atom is 0.305 e. The van der Waals surface area contributed by atoms with Crippen LogP contribution in [0.5, 0.6) is 0 Å². The first-order valence-electron chi connectivity index (χ1n) is 13.4. The summed E-state index contributed by atoms with van der Waals surface area (Å²) in [6.07, 6.45) is 7.64. The third kappa shape index (κ3) is 6.46. The number of hydrazone groups is 1. The monoisotopic (exact) mass is 598 g/mol. The molecule has 1 atom stereocenters. The molecule has 1 aliphatic heterocycles. The van der Waals surface area contributed by atoms with Gasteiger partial charge < -0.3 is 20.1 Å². The highest BCUT2D eigenvalue weighted by Gasteiger charge is 2.51. The van der Waals surface area contributed by atoms with E-state index in [4.69, 9.17) is 20.1 Å². The van der Waals surface area contributed by atoms with Crippen molar-refractivity contribution in [3.8, 4) is 0 Å². The van der Waals surface area contributed by atoms with Crippen LogP contribution in [-0.4, -0.2) is 65.2 Å². The lowest BCUT2D eigenvalue weighted by molar-refractivity contribution is -0.141. The second-order valence-corrected chi connectivity index (χ2v) is 10.5. The van der Waals surface area contributed by atoms with Gasteiger partial charge in [0.2, 0.25) is 5.96 Å². The third-order valence-corrected chi connectivity index (χ3v) is 8.12. The van der Waals surface area contributed by atoms with Crippen LogP contribution in [0.25, 0.3) is 0 Å². The molecule has 1 aliphatic carbocycles. The van der Waals surface area contributed by atoms with E-state index in [1.807, 2.05) is 13.8 Å². The zero-order valence-corrected chi connectivity index (χ0v) is 25.7. The second-order valence-electron chi connectivity index (χ2n) is 9.39. The van der Waals surface area contributed by atoms with Gasteiger partial charge in [0, 0.05) is 30.0 Å². The number of allylic oxidation sites excluding steroid dienone is 5. The SMILES string of the molecule is C=C/C=C(\CC)N(/C(=N\N)NC(=O)c1cc(C)nn1CC)C12C=C(C(=O)CCC(=O)OC)SC1=CC(OC)=C(OC)C2. The average molecular weight is 599 g/mol. The summed E-state index contributed by atoms with van der Waals surface area (Å²) in [4.78, 5) is 41.6. The van der Waals surface area contributed by atoms with Gasteiger partial charge in [-0.15, -0.1) is 5.10 Å². The van der Waals surface area contributed by atoms with Crippen LogP contribution in [-0.2, 0) is 30.3 Å². The van der Waals surface area contributed by atoms with Crippen molar-refractivity contribution in [1.29, 1.82) is 0 Å². The summed E-state index contributed by atoms with van der Waals surface area (Å²) in [5.41, 5.74) is 0.644. The molecule has 1 aromatic rings. The number of thioether (sulfide) groups is 1. The summed E-state index contributed by atoms with van der Waals surface area (Å²) in [7, 11) is 4.35. The summed E-state index contributed by atoms with van der Waals surface area (Å²) < 4.78 is 17.6. The third-order valence-electron chi connectivity index (χ3n) is 6.86. The molecule has 12 nitrogen and oxygen atoms in total. The number of hydrogen-bond acceptors (Lipinski definition) is 10. The molecular weight excluding hydrogens is 560 g/mol. The van der Waals surface area contributed by atoms with Gasteiger partial charge >= 0.3 is 5.97 Å². The van der Waals surface area contributed by atoms with Gasteiger partial charge in [-0.1, -0.05) is 31.3 Å². The average Bonchev–Trinajstić information content (AvgIpc) is 3.58. The molecule has 2 heterocycles. The molecule has 1 aromatic heterocycles. The van der Waals surface area contributed by atoms with Crippen LogP contribution in [0.2, 0.25) is 0 Å². The number of rotatable bonds is 12. The highest BCUT2D eigenvalue weighted by molar-refractivity contribution is 8.08. The number of nitrogens with two attached hydrogens (primary N) is 1. The highest BCUT2D eigenvalue weighted by atomic mass is 32.2. The van der Waals surface area contributed by atoms with E-state index in [-0.39, 0.29) is 31.0 Å².